The van der Waals surface area contributed by atoms with Gasteiger partial charge in [0.1, 0.15) is 6.29 Å². The van der Waals surface area contributed by atoms with E-state index in [0.29, 0.717) is 0 Å². The smallest absolute Gasteiger partial charge is 0.150 e. The molecule has 0 atom stereocenters. The first-order valence-corrected chi connectivity index (χ1v) is 6.28. The molecule has 0 heterocycles. The van der Waals surface area contributed by atoms with Crippen molar-refractivity contribution in [3.63, 3.8) is 0 Å². The predicted molar refractivity (Wildman–Crippen MR) is 74.1 cm³/mol. The van der Waals surface area contributed by atoms with Gasteiger partial charge in [-0.3, -0.25) is 4.79 Å². The van der Waals surface area contributed by atoms with Crippen LogP contribution in [0.5, 0.6) is 0 Å². The van der Waals surface area contributed by atoms with E-state index in [0.717, 1.165) is 24.9 Å². The van der Waals surface area contributed by atoms with E-state index < -0.39 is 0 Å². The van der Waals surface area contributed by atoms with E-state index in [4.69, 9.17) is 0 Å². The number of hydrogen-bond donors (Lipinski definition) is 0. The number of hydrogen-bond acceptors (Lipinski definition) is 2. The van der Waals surface area contributed by atoms with Crippen LogP contribution >= 0.6 is 0 Å². The van der Waals surface area contributed by atoms with Crippen molar-refractivity contribution in [1.29, 1.82) is 0 Å². The average Bonchev–Trinajstić information content (AvgIpc) is 2.29. The molecule has 94 valence electrons. The second kappa shape index (κ2) is 5.35. The van der Waals surface area contributed by atoms with Crippen molar-refractivity contribution in [2.24, 2.45) is 0 Å². The highest BCUT2D eigenvalue weighted by molar-refractivity contribution is 5.77. The molecular weight excluding hydrogens is 210 g/mol. The monoisotopic (exact) mass is 233 g/mol. The molecule has 0 fully saturated rings. The van der Waals surface area contributed by atoms with Gasteiger partial charge in [-0.15, -0.1) is 0 Å². The van der Waals surface area contributed by atoms with Crippen LogP contribution in [0.1, 0.15) is 50.5 Å². The molecule has 0 spiro atoms. The quantitative estimate of drug-likeness (QED) is 0.740. The topological polar surface area (TPSA) is 20.3 Å². The van der Waals surface area contributed by atoms with Gasteiger partial charge in [0.15, 0.2) is 0 Å². The summed E-state index contributed by atoms with van der Waals surface area (Å²) in [6, 6.07) is 5.98. The molecule has 0 N–H and O–H groups in total. The molecule has 0 unspecified atom stereocenters. The Bertz CT molecular complexity index is 386. The summed E-state index contributed by atoms with van der Waals surface area (Å²) in [6.07, 6.45) is 0.918. The van der Waals surface area contributed by atoms with E-state index in [-0.39, 0.29) is 5.41 Å². The highest BCUT2D eigenvalue weighted by Gasteiger charge is 2.20. The van der Waals surface area contributed by atoms with Crippen LogP contribution in [-0.4, -0.2) is 19.4 Å². The first-order valence-electron chi connectivity index (χ1n) is 6.28. The molecule has 1 aromatic carbocycles. The maximum absolute atomic E-state index is 10.9. The Hall–Kier alpha value is -1.31. The number of aldehydes is 1. The summed E-state index contributed by atoms with van der Waals surface area (Å²) in [7, 11) is 0. The fraction of sp³-hybridized carbons (Fsp3) is 0.533. The van der Waals surface area contributed by atoms with Gasteiger partial charge in [-0.25, -0.2) is 0 Å². The largest absolute Gasteiger partial charge is 0.372 e. The number of nitrogens with zero attached hydrogens (tertiary/aromatic N) is 1. The number of benzene rings is 1. The molecule has 0 amide bonds. The molecule has 0 radical (unpaired) electrons. The van der Waals surface area contributed by atoms with Crippen LogP contribution in [0.15, 0.2) is 18.2 Å². The summed E-state index contributed by atoms with van der Waals surface area (Å²) in [4.78, 5) is 13.2. The minimum atomic E-state index is 0.0525. The Balaban J connectivity index is 3.34. The summed E-state index contributed by atoms with van der Waals surface area (Å²) < 4.78 is 0. The molecule has 0 aliphatic rings. The molecule has 0 aliphatic carbocycles. The van der Waals surface area contributed by atoms with Crippen molar-refractivity contribution in [3.05, 3.63) is 29.3 Å². The van der Waals surface area contributed by atoms with Crippen molar-refractivity contribution in [2.75, 3.05) is 18.0 Å². The summed E-state index contributed by atoms with van der Waals surface area (Å²) in [5.41, 5.74) is 3.29. The summed E-state index contributed by atoms with van der Waals surface area (Å²) >= 11 is 0. The molecule has 17 heavy (non-hydrogen) atoms. The Morgan fingerprint density at radius 1 is 1.18 bits per heavy atom. The lowest BCUT2D eigenvalue weighted by Gasteiger charge is -2.30. The molecular formula is C15H23NO. The van der Waals surface area contributed by atoms with Gasteiger partial charge in [-0.05, 0) is 43.0 Å². The van der Waals surface area contributed by atoms with Crippen LogP contribution in [0.25, 0.3) is 0 Å². The normalized spacial score (nSPS) is 11.4. The average molecular weight is 233 g/mol. The Morgan fingerprint density at radius 3 is 2.18 bits per heavy atom. The molecule has 0 aliphatic heterocycles. The van der Waals surface area contributed by atoms with Gasteiger partial charge in [0.05, 0.1) is 0 Å². The molecule has 0 saturated heterocycles. The number of rotatable bonds is 4. The molecule has 2 nitrogen and oxygen atoms in total. The van der Waals surface area contributed by atoms with Crippen LogP contribution < -0.4 is 4.90 Å². The van der Waals surface area contributed by atoms with Crippen molar-refractivity contribution in [1.82, 2.24) is 0 Å². The van der Waals surface area contributed by atoms with Crippen LogP contribution in [0.2, 0.25) is 0 Å². The van der Waals surface area contributed by atoms with E-state index in [1.165, 1.54) is 11.3 Å². The van der Waals surface area contributed by atoms with E-state index in [1.807, 2.05) is 12.1 Å². The van der Waals surface area contributed by atoms with Crippen molar-refractivity contribution < 1.29 is 4.79 Å². The Morgan fingerprint density at radius 2 is 1.76 bits per heavy atom. The summed E-state index contributed by atoms with van der Waals surface area (Å²) in [5, 5.41) is 0. The Labute approximate surface area is 105 Å². The van der Waals surface area contributed by atoms with Crippen LogP contribution in [-0.2, 0) is 5.41 Å². The molecule has 1 aromatic rings. The lowest BCUT2D eigenvalue weighted by atomic mass is 9.84. The van der Waals surface area contributed by atoms with Crippen LogP contribution in [0.3, 0.4) is 0 Å². The first kappa shape index (κ1) is 13.8. The number of anilines is 1. The Kier molecular flexibility index (Phi) is 4.33. The van der Waals surface area contributed by atoms with Gasteiger partial charge in [-0.1, -0.05) is 20.8 Å². The third-order valence-electron chi connectivity index (χ3n) is 3.07. The second-order valence-electron chi connectivity index (χ2n) is 5.32. The predicted octanol–water partition coefficient (Wildman–Crippen LogP) is 3.64. The lowest BCUT2D eigenvalue weighted by molar-refractivity contribution is 0.112. The highest BCUT2D eigenvalue weighted by Crippen LogP contribution is 2.32. The minimum absolute atomic E-state index is 0.0525. The standard InChI is InChI=1S/C15H23NO/c1-6-16(7-2)14-9-8-12(11-17)10-13(14)15(3,4)5/h8-11H,6-7H2,1-5H3. The van der Waals surface area contributed by atoms with Gasteiger partial charge in [0.25, 0.3) is 0 Å². The highest BCUT2D eigenvalue weighted by atomic mass is 16.1. The van der Waals surface area contributed by atoms with Crippen molar-refractivity contribution in [2.45, 2.75) is 40.0 Å². The van der Waals surface area contributed by atoms with E-state index in [9.17, 15) is 4.79 Å². The zero-order chi connectivity index (χ0) is 13.1. The van der Waals surface area contributed by atoms with Crippen molar-refractivity contribution in [3.8, 4) is 0 Å². The van der Waals surface area contributed by atoms with Crippen LogP contribution in [0, 0.1) is 0 Å². The number of carbonyl (C=O) groups is 1. The van der Waals surface area contributed by atoms with Gasteiger partial charge < -0.3 is 4.90 Å². The van der Waals surface area contributed by atoms with E-state index in [2.05, 4.69) is 45.6 Å². The molecule has 2 heteroatoms. The van der Waals surface area contributed by atoms with Gasteiger partial charge >= 0.3 is 0 Å². The zero-order valence-electron chi connectivity index (χ0n) is 11.6. The molecule has 1 rings (SSSR count). The maximum Gasteiger partial charge on any atom is 0.150 e. The molecule has 0 aromatic heterocycles. The van der Waals surface area contributed by atoms with Gasteiger partial charge in [0.2, 0.25) is 0 Å². The third kappa shape index (κ3) is 3.09. The SMILES string of the molecule is CCN(CC)c1ccc(C=O)cc1C(C)(C)C. The van der Waals surface area contributed by atoms with Crippen molar-refractivity contribution >= 4 is 12.0 Å². The third-order valence-corrected chi connectivity index (χ3v) is 3.07. The summed E-state index contributed by atoms with van der Waals surface area (Å²) in [5.74, 6) is 0. The van der Waals surface area contributed by atoms with Gasteiger partial charge in [-0.2, -0.15) is 0 Å². The van der Waals surface area contributed by atoms with Gasteiger partial charge in [0, 0.05) is 24.3 Å². The second-order valence-corrected chi connectivity index (χ2v) is 5.32. The van der Waals surface area contributed by atoms with E-state index in [1.54, 1.807) is 0 Å². The minimum Gasteiger partial charge on any atom is -0.372 e. The zero-order valence-corrected chi connectivity index (χ0v) is 11.6. The summed E-state index contributed by atoms with van der Waals surface area (Å²) in [6.45, 7) is 12.8. The lowest BCUT2D eigenvalue weighted by Crippen LogP contribution is -2.26. The number of carbonyl (C=O) groups excluding carboxylic acids is 1. The molecule has 0 bridgehead atoms. The first-order chi connectivity index (χ1) is 7.93. The van der Waals surface area contributed by atoms with E-state index >= 15 is 0 Å². The molecule has 0 saturated carbocycles. The fourth-order valence-corrected chi connectivity index (χ4v) is 2.07. The van der Waals surface area contributed by atoms with Crippen LogP contribution in [0.4, 0.5) is 5.69 Å². The fourth-order valence-electron chi connectivity index (χ4n) is 2.07. The maximum atomic E-state index is 10.9.